The molecular weight excluding hydrogens is 755 g/mol. The van der Waals surface area contributed by atoms with Crippen molar-refractivity contribution in [1.29, 1.82) is 0 Å². The van der Waals surface area contributed by atoms with E-state index < -0.39 is 88.8 Å². The number of carbonyl (C=O) groups is 8. The Hall–Kier alpha value is -5.46. The maximum absolute atomic E-state index is 14.2. The van der Waals surface area contributed by atoms with Gasteiger partial charge in [-0.05, 0) is 75.6 Å². The van der Waals surface area contributed by atoms with E-state index >= 15 is 0 Å². The lowest BCUT2D eigenvalue weighted by atomic mass is 9.84. The molecule has 0 radical (unpaired) electrons. The zero-order valence-electron chi connectivity index (χ0n) is 33.5. The summed E-state index contributed by atoms with van der Waals surface area (Å²) in [7, 11) is 0. The fourth-order valence-electron chi connectivity index (χ4n) is 6.51. The lowest BCUT2D eigenvalue weighted by Crippen LogP contribution is -2.58. The van der Waals surface area contributed by atoms with Crippen LogP contribution in [0.1, 0.15) is 96.5 Å². The van der Waals surface area contributed by atoms with E-state index in [-0.39, 0.29) is 89.8 Å². The fraction of sp³-hybridized carbons (Fsp3) is 0.615. The molecule has 1 aromatic carbocycles. The highest BCUT2D eigenvalue weighted by Crippen LogP contribution is 2.22. The molecule has 6 amide bonds. The number of ketones is 2. The Morgan fingerprint density at radius 2 is 1.59 bits per heavy atom. The van der Waals surface area contributed by atoms with Crippen molar-refractivity contribution in [3.63, 3.8) is 0 Å². The molecule has 13 N–H and O–H groups in total. The van der Waals surface area contributed by atoms with Gasteiger partial charge in [0, 0.05) is 51.1 Å². The number of hydrogen-bond acceptors (Lipinski definition) is 10. The Balaban J connectivity index is 2.59. The summed E-state index contributed by atoms with van der Waals surface area (Å²) in [6.07, 6.45) is 1.02. The third-order valence-electron chi connectivity index (χ3n) is 9.79. The minimum absolute atomic E-state index is 0.00989. The van der Waals surface area contributed by atoms with E-state index in [2.05, 4.69) is 31.6 Å². The van der Waals surface area contributed by atoms with Crippen LogP contribution in [0.4, 0.5) is 4.39 Å². The molecule has 1 aliphatic rings. The van der Waals surface area contributed by atoms with Crippen LogP contribution < -0.4 is 49.5 Å². The van der Waals surface area contributed by atoms with Crippen LogP contribution in [0.5, 0.6) is 0 Å². The molecule has 18 nitrogen and oxygen atoms in total. The molecule has 2 rings (SSSR count). The number of carbonyl (C=O) groups excluding carboxylic acids is 8. The van der Waals surface area contributed by atoms with E-state index in [1.54, 1.807) is 0 Å². The van der Waals surface area contributed by atoms with Crippen LogP contribution in [-0.2, 0) is 44.8 Å². The molecule has 1 heterocycles. The zero-order chi connectivity index (χ0) is 43.2. The van der Waals surface area contributed by atoms with Crippen LogP contribution in [0.2, 0.25) is 0 Å². The van der Waals surface area contributed by atoms with E-state index in [0.29, 0.717) is 18.4 Å². The van der Waals surface area contributed by atoms with E-state index in [9.17, 15) is 42.7 Å². The number of nitrogens with zero attached hydrogens (tertiary/aromatic N) is 1. The van der Waals surface area contributed by atoms with Gasteiger partial charge in [-0.3, -0.25) is 43.3 Å². The molecule has 6 atom stereocenters. The Morgan fingerprint density at radius 1 is 0.897 bits per heavy atom. The Bertz CT molecular complexity index is 1600. The van der Waals surface area contributed by atoms with Crippen molar-refractivity contribution in [2.45, 2.75) is 121 Å². The lowest BCUT2D eigenvalue weighted by molar-refractivity contribution is -0.135. The second-order valence-electron chi connectivity index (χ2n) is 14.6. The van der Waals surface area contributed by atoms with Crippen molar-refractivity contribution in [2.75, 3.05) is 19.6 Å². The number of unbranched alkanes of at least 4 members (excludes halogenated alkanes) is 1. The first-order valence-corrected chi connectivity index (χ1v) is 19.8. The largest absolute Gasteiger partial charge is 0.370 e. The smallest absolute Gasteiger partial charge is 0.243 e. The number of guanidine groups is 1. The molecule has 0 saturated carbocycles. The van der Waals surface area contributed by atoms with Crippen molar-refractivity contribution in [1.82, 2.24) is 26.6 Å². The van der Waals surface area contributed by atoms with Crippen molar-refractivity contribution in [3.05, 3.63) is 35.6 Å². The molecule has 0 aliphatic carbocycles. The zero-order valence-corrected chi connectivity index (χ0v) is 33.5. The lowest BCUT2D eigenvalue weighted by Gasteiger charge is -2.27. The molecule has 58 heavy (non-hydrogen) atoms. The molecule has 1 aliphatic heterocycles. The monoisotopic (exact) mass is 816 g/mol. The first-order chi connectivity index (χ1) is 27.5. The maximum Gasteiger partial charge on any atom is 0.243 e. The highest BCUT2D eigenvalue weighted by atomic mass is 19.1. The number of nitrogens with two attached hydrogens (primary N) is 4. The van der Waals surface area contributed by atoms with Gasteiger partial charge < -0.3 is 49.5 Å². The molecule has 0 aromatic heterocycles. The highest BCUT2D eigenvalue weighted by Gasteiger charge is 2.34. The van der Waals surface area contributed by atoms with Gasteiger partial charge in [-0.15, -0.1) is 0 Å². The number of benzene rings is 1. The van der Waals surface area contributed by atoms with Crippen LogP contribution in [0.25, 0.3) is 0 Å². The molecule has 1 saturated heterocycles. The molecule has 322 valence electrons. The number of hydrogen-bond donors (Lipinski definition) is 9. The number of Topliss-reactive ketones (excluding diaryl/α,β-unsaturated/α-hetero) is 2. The molecule has 1 fully saturated rings. The first-order valence-electron chi connectivity index (χ1n) is 19.8. The molecule has 0 bridgehead atoms. The molecule has 19 heteroatoms. The third kappa shape index (κ3) is 18.2. The van der Waals surface area contributed by atoms with Gasteiger partial charge in [0.2, 0.25) is 35.4 Å². The summed E-state index contributed by atoms with van der Waals surface area (Å²) in [5.41, 5.74) is 22.8. The highest BCUT2D eigenvalue weighted by molar-refractivity contribution is 5.97. The van der Waals surface area contributed by atoms with Crippen molar-refractivity contribution in [2.24, 2.45) is 39.8 Å². The predicted octanol–water partition coefficient (Wildman–Crippen LogP) is -0.754. The molecule has 0 unspecified atom stereocenters. The molecule has 1 aromatic rings. The van der Waals surface area contributed by atoms with Crippen molar-refractivity contribution < 1.29 is 42.7 Å². The number of rotatable bonds is 16. The second-order valence-corrected chi connectivity index (χ2v) is 14.6. The van der Waals surface area contributed by atoms with E-state index in [4.69, 9.17) is 22.9 Å². The number of nitrogens with one attached hydrogen (secondary N) is 5. The fourth-order valence-corrected chi connectivity index (χ4v) is 6.51. The van der Waals surface area contributed by atoms with Gasteiger partial charge in [0.15, 0.2) is 11.7 Å². The van der Waals surface area contributed by atoms with Crippen molar-refractivity contribution >= 4 is 53.0 Å². The summed E-state index contributed by atoms with van der Waals surface area (Å²) < 4.78 is 13.8. The summed E-state index contributed by atoms with van der Waals surface area (Å²) >= 11 is 0. The number of amides is 6. The summed E-state index contributed by atoms with van der Waals surface area (Å²) in [5.74, 6) is -7.66. The van der Waals surface area contributed by atoms with E-state index in [0.717, 1.165) is 6.42 Å². The summed E-state index contributed by atoms with van der Waals surface area (Å²) in [6, 6.07) is 0.437. The van der Waals surface area contributed by atoms with Gasteiger partial charge >= 0.3 is 0 Å². The van der Waals surface area contributed by atoms with Gasteiger partial charge in [-0.25, -0.2) is 4.39 Å². The van der Waals surface area contributed by atoms with Crippen LogP contribution in [0.15, 0.2) is 29.3 Å². The van der Waals surface area contributed by atoms with E-state index in [1.165, 1.54) is 31.2 Å². The van der Waals surface area contributed by atoms with Gasteiger partial charge in [-0.2, -0.15) is 0 Å². The number of primary amides is 1. The van der Waals surface area contributed by atoms with Crippen LogP contribution in [0, 0.1) is 17.7 Å². The van der Waals surface area contributed by atoms with Crippen LogP contribution in [-0.4, -0.2) is 96.8 Å². The van der Waals surface area contributed by atoms with Crippen molar-refractivity contribution in [3.8, 4) is 0 Å². The summed E-state index contributed by atoms with van der Waals surface area (Å²) in [5, 5.41) is 13.2. The van der Waals surface area contributed by atoms with Gasteiger partial charge in [0.1, 0.15) is 29.7 Å². The second kappa shape index (κ2) is 25.7. The molecular formula is C39H61FN10O8. The summed E-state index contributed by atoms with van der Waals surface area (Å²) in [4.78, 5) is 111. The Kier molecular flexibility index (Phi) is 21.6. The predicted molar refractivity (Wildman–Crippen MR) is 214 cm³/mol. The maximum atomic E-state index is 14.2. The Labute approximate surface area is 338 Å². The SMILES string of the molecule is CCCC[C@H](NC(C)=O)C(=O)N[C@H]1CCC(=O)NCC[C@@H](C(N)=O)CC(=O)[C@H](CCCN=C(N)N)CC(=O)[C@@H](Cc2ccc(F)cc2)NC(=O)[C@H](CCCN)NC1=O. The third-order valence-corrected chi connectivity index (χ3v) is 9.79. The summed E-state index contributed by atoms with van der Waals surface area (Å²) in [6.45, 7) is 3.40. The van der Waals surface area contributed by atoms with Crippen LogP contribution in [0.3, 0.4) is 0 Å². The van der Waals surface area contributed by atoms with Crippen LogP contribution >= 0.6 is 0 Å². The minimum atomic E-state index is -1.35. The Morgan fingerprint density at radius 3 is 2.21 bits per heavy atom. The standard InChI is InChI=1S/C39H61FN10O8/c1-3-4-8-28(47-23(2)51)36(56)49-30-14-15-34(54)45-19-16-26(35(42)55)22-32(52)25(7-6-18-46-39(43)44)21-33(53)31(20-24-10-12-27(40)13-11-24)50-37(57)29(9-5-17-41)48-38(30)58/h10-13,25-26,28-31H,3-9,14-22,41H2,1-2H3,(H2,42,55)(H,45,54)(H,47,51)(H,48,58)(H,49,56)(H,50,57)(H4,43,44,46)/t25-,26-,28+,29+,30+,31-/m1/s1. The number of aliphatic imine (C=N–C) groups is 1. The number of halogens is 1. The first kappa shape index (κ1) is 48.7. The average molecular weight is 817 g/mol. The van der Waals surface area contributed by atoms with Gasteiger partial charge in [0.25, 0.3) is 0 Å². The molecule has 0 spiro atoms. The van der Waals surface area contributed by atoms with E-state index in [1.807, 2.05) is 6.92 Å². The van der Waals surface area contributed by atoms with Gasteiger partial charge in [0.05, 0.1) is 6.04 Å². The normalized spacial score (nSPS) is 22.1. The topological polar surface area (TPSA) is 313 Å². The quantitative estimate of drug-likeness (QED) is 0.0568. The average Bonchev–Trinajstić information content (AvgIpc) is 3.16. The minimum Gasteiger partial charge on any atom is -0.370 e. The van der Waals surface area contributed by atoms with Gasteiger partial charge in [-0.1, -0.05) is 31.9 Å².